The van der Waals surface area contributed by atoms with Crippen molar-refractivity contribution in [1.29, 1.82) is 0 Å². The molecule has 2 N–H and O–H groups in total. The van der Waals surface area contributed by atoms with Crippen LogP contribution < -0.4 is 5.73 Å². The molecule has 0 atom stereocenters. The Hall–Kier alpha value is -1.39. The maximum absolute atomic E-state index is 6.25. The summed E-state index contributed by atoms with van der Waals surface area (Å²) in [6.45, 7) is 4.39. The highest BCUT2D eigenvalue weighted by molar-refractivity contribution is 6.32. The van der Waals surface area contributed by atoms with E-state index in [2.05, 4.69) is 10.1 Å². The Balaban J connectivity index is 2.43. The van der Waals surface area contributed by atoms with Crippen molar-refractivity contribution in [2.45, 2.75) is 20.3 Å². The van der Waals surface area contributed by atoms with E-state index in [0.717, 1.165) is 29.3 Å². The van der Waals surface area contributed by atoms with Gasteiger partial charge in [0.2, 0.25) is 0 Å². The fourth-order valence-electron chi connectivity index (χ4n) is 1.79. The molecule has 1 aromatic carbocycles. The van der Waals surface area contributed by atoms with Crippen molar-refractivity contribution in [3.05, 3.63) is 40.4 Å². The van der Waals surface area contributed by atoms with Gasteiger partial charge in [-0.15, -0.1) is 0 Å². The molecular formula is C12H15ClN4. The Morgan fingerprint density at radius 3 is 2.65 bits per heavy atom. The Bertz CT molecular complexity index is 533. The maximum Gasteiger partial charge on any atom is 0.148 e. The predicted molar refractivity (Wildman–Crippen MR) is 68.6 cm³/mol. The summed E-state index contributed by atoms with van der Waals surface area (Å²) in [5.41, 5.74) is 7.50. The SMILES string of the molecule is Cc1nc(C)n(-c2ccc(CCN)cc2Cl)n1. The van der Waals surface area contributed by atoms with Gasteiger partial charge in [0, 0.05) is 0 Å². The van der Waals surface area contributed by atoms with Crippen molar-refractivity contribution in [1.82, 2.24) is 14.8 Å². The van der Waals surface area contributed by atoms with E-state index in [1.54, 1.807) is 4.68 Å². The fraction of sp³-hybridized carbons (Fsp3) is 0.333. The topological polar surface area (TPSA) is 56.7 Å². The van der Waals surface area contributed by atoms with Crippen LogP contribution in [0, 0.1) is 13.8 Å². The molecule has 0 amide bonds. The van der Waals surface area contributed by atoms with Crippen molar-refractivity contribution in [2.75, 3.05) is 6.54 Å². The fourth-order valence-corrected chi connectivity index (χ4v) is 2.08. The molecule has 1 aromatic heterocycles. The third-order valence-electron chi connectivity index (χ3n) is 2.55. The molecule has 0 aliphatic carbocycles. The van der Waals surface area contributed by atoms with E-state index in [1.165, 1.54) is 0 Å². The second kappa shape index (κ2) is 4.85. The number of rotatable bonds is 3. The molecule has 0 aliphatic rings. The first kappa shape index (κ1) is 12.1. The summed E-state index contributed by atoms with van der Waals surface area (Å²) in [6.07, 6.45) is 0.829. The first-order chi connectivity index (χ1) is 8.11. The van der Waals surface area contributed by atoms with Gasteiger partial charge >= 0.3 is 0 Å². The first-order valence-electron chi connectivity index (χ1n) is 5.51. The maximum atomic E-state index is 6.25. The molecule has 0 radical (unpaired) electrons. The molecule has 1 heterocycles. The molecule has 0 aliphatic heterocycles. The Labute approximate surface area is 105 Å². The largest absolute Gasteiger partial charge is 0.330 e. The van der Waals surface area contributed by atoms with Gasteiger partial charge < -0.3 is 5.73 Å². The molecule has 2 aromatic rings. The number of halogens is 1. The lowest BCUT2D eigenvalue weighted by molar-refractivity contribution is 0.830. The number of hydrogen-bond acceptors (Lipinski definition) is 3. The lowest BCUT2D eigenvalue weighted by atomic mass is 10.1. The van der Waals surface area contributed by atoms with Gasteiger partial charge in [-0.05, 0) is 44.5 Å². The Morgan fingerprint density at radius 2 is 2.12 bits per heavy atom. The molecule has 2 rings (SSSR count). The highest BCUT2D eigenvalue weighted by Crippen LogP contribution is 2.22. The molecule has 0 saturated heterocycles. The van der Waals surface area contributed by atoms with Crippen LogP contribution in [0.1, 0.15) is 17.2 Å². The van der Waals surface area contributed by atoms with E-state index < -0.39 is 0 Å². The van der Waals surface area contributed by atoms with Crippen LogP contribution in [0.15, 0.2) is 18.2 Å². The molecule has 0 spiro atoms. The molecule has 5 heteroatoms. The molecule has 17 heavy (non-hydrogen) atoms. The van der Waals surface area contributed by atoms with Gasteiger partial charge in [0.1, 0.15) is 11.6 Å². The molecule has 0 bridgehead atoms. The van der Waals surface area contributed by atoms with Gasteiger partial charge in [0.05, 0.1) is 10.7 Å². The van der Waals surface area contributed by atoms with Gasteiger partial charge in [0.25, 0.3) is 0 Å². The minimum Gasteiger partial charge on any atom is -0.330 e. The third kappa shape index (κ3) is 2.48. The summed E-state index contributed by atoms with van der Waals surface area (Å²) < 4.78 is 1.75. The highest BCUT2D eigenvalue weighted by atomic mass is 35.5. The number of nitrogens with two attached hydrogens (primary N) is 1. The second-order valence-electron chi connectivity index (χ2n) is 3.94. The summed E-state index contributed by atoms with van der Waals surface area (Å²) >= 11 is 6.25. The van der Waals surface area contributed by atoms with Crippen LogP contribution in [-0.4, -0.2) is 21.3 Å². The van der Waals surface area contributed by atoms with Crippen LogP contribution in [0.4, 0.5) is 0 Å². The van der Waals surface area contributed by atoms with E-state index in [0.29, 0.717) is 11.6 Å². The van der Waals surface area contributed by atoms with Crippen LogP contribution >= 0.6 is 11.6 Å². The van der Waals surface area contributed by atoms with Crippen LogP contribution in [0.5, 0.6) is 0 Å². The zero-order valence-electron chi connectivity index (χ0n) is 9.94. The number of hydrogen-bond donors (Lipinski definition) is 1. The monoisotopic (exact) mass is 250 g/mol. The predicted octanol–water partition coefficient (Wildman–Crippen LogP) is 2.04. The zero-order chi connectivity index (χ0) is 12.4. The average Bonchev–Trinajstić information content (AvgIpc) is 2.58. The number of benzene rings is 1. The number of aromatic nitrogens is 3. The first-order valence-corrected chi connectivity index (χ1v) is 5.88. The van der Waals surface area contributed by atoms with E-state index in [4.69, 9.17) is 17.3 Å². The highest BCUT2D eigenvalue weighted by Gasteiger charge is 2.09. The summed E-state index contributed by atoms with van der Waals surface area (Å²) in [6, 6.07) is 5.90. The average molecular weight is 251 g/mol. The summed E-state index contributed by atoms with van der Waals surface area (Å²) in [7, 11) is 0. The van der Waals surface area contributed by atoms with Gasteiger partial charge in [-0.1, -0.05) is 17.7 Å². The lowest BCUT2D eigenvalue weighted by Gasteiger charge is -2.07. The molecule has 0 unspecified atom stereocenters. The lowest BCUT2D eigenvalue weighted by Crippen LogP contribution is -2.04. The summed E-state index contributed by atoms with van der Waals surface area (Å²) in [4.78, 5) is 4.26. The molecule has 0 saturated carbocycles. The van der Waals surface area contributed by atoms with E-state index >= 15 is 0 Å². The second-order valence-corrected chi connectivity index (χ2v) is 4.35. The standard InChI is InChI=1S/C12H15ClN4/c1-8-15-9(2)17(16-8)12-4-3-10(5-6-14)7-11(12)13/h3-4,7H,5-6,14H2,1-2H3. The van der Waals surface area contributed by atoms with Gasteiger partial charge in [0.15, 0.2) is 0 Å². The quantitative estimate of drug-likeness (QED) is 0.907. The van der Waals surface area contributed by atoms with E-state index in [1.807, 2.05) is 32.0 Å². The van der Waals surface area contributed by atoms with Gasteiger partial charge in [-0.3, -0.25) is 0 Å². The van der Waals surface area contributed by atoms with Crippen molar-refractivity contribution in [3.63, 3.8) is 0 Å². The van der Waals surface area contributed by atoms with Crippen molar-refractivity contribution >= 4 is 11.6 Å². The van der Waals surface area contributed by atoms with Crippen molar-refractivity contribution < 1.29 is 0 Å². The summed E-state index contributed by atoms with van der Waals surface area (Å²) in [5, 5.41) is 4.98. The minimum absolute atomic E-state index is 0.622. The van der Waals surface area contributed by atoms with Crippen LogP contribution in [-0.2, 0) is 6.42 Å². The molecular weight excluding hydrogens is 236 g/mol. The Morgan fingerprint density at radius 1 is 1.35 bits per heavy atom. The van der Waals surface area contributed by atoms with Crippen molar-refractivity contribution in [3.8, 4) is 5.69 Å². The number of nitrogens with zero attached hydrogens (tertiary/aromatic N) is 3. The summed E-state index contributed by atoms with van der Waals surface area (Å²) in [5.74, 6) is 1.57. The molecule has 0 fully saturated rings. The Kier molecular flexibility index (Phi) is 3.45. The normalized spacial score (nSPS) is 10.8. The molecule has 4 nitrogen and oxygen atoms in total. The van der Waals surface area contributed by atoms with E-state index in [-0.39, 0.29) is 0 Å². The van der Waals surface area contributed by atoms with Gasteiger partial charge in [-0.25, -0.2) is 9.67 Å². The smallest absolute Gasteiger partial charge is 0.148 e. The minimum atomic E-state index is 0.622. The van der Waals surface area contributed by atoms with Crippen LogP contribution in [0.25, 0.3) is 5.69 Å². The number of aryl methyl sites for hydroxylation is 2. The van der Waals surface area contributed by atoms with E-state index in [9.17, 15) is 0 Å². The molecule has 90 valence electrons. The van der Waals surface area contributed by atoms with Crippen LogP contribution in [0.3, 0.4) is 0 Å². The van der Waals surface area contributed by atoms with Gasteiger partial charge in [-0.2, -0.15) is 5.10 Å². The third-order valence-corrected chi connectivity index (χ3v) is 2.85. The van der Waals surface area contributed by atoms with Crippen LogP contribution in [0.2, 0.25) is 5.02 Å². The van der Waals surface area contributed by atoms with Crippen molar-refractivity contribution in [2.24, 2.45) is 5.73 Å². The zero-order valence-corrected chi connectivity index (χ0v) is 10.7.